The predicted molar refractivity (Wildman–Crippen MR) is 87.8 cm³/mol. The highest BCUT2D eigenvalue weighted by atomic mass is 16.5. The largest absolute Gasteiger partial charge is 0.496 e. The first-order chi connectivity index (χ1) is 11.7. The van der Waals surface area contributed by atoms with E-state index in [0.29, 0.717) is 13.1 Å². The average Bonchev–Trinajstić information content (AvgIpc) is 3.08. The molecule has 0 spiro atoms. The molecule has 1 fully saturated rings. The van der Waals surface area contributed by atoms with Crippen LogP contribution in [0.15, 0.2) is 30.9 Å². The van der Waals surface area contributed by atoms with Crippen LogP contribution in [0, 0.1) is 0 Å². The van der Waals surface area contributed by atoms with E-state index in [0.717, 1.165) is 42.7 Å². The molecule has 1 saturated heterocycles. The lowest BCUT2D eigenvalue weighted by atomic mass is 10.0. The van der Waals surface area contributed by atoms with Crippen molar-refractivity contribution >= 4 is 5.97 Å². The van der Waals surface area contributed by atoms with E-state index in [1.54, 1.807) is 18.1 Å². The van der Waals surface area contributed by atoms with Crippen LogP contribution in [0.3, 0.4) is 0 Å². The molecule has 7 nitrogen and oxygen atoms in total. The molecule has 2 heterocycles. The van der Waals surface area contributed by atoms with E-state index in [9.17, 15) is 9.90 Å². The Kier molecular flexibility index (Phi) is 5.10. The second-order valence-corrected chi connectivity index (χ2v) is 6.06. The summed E-state index contributed by atoms with van der Waals surface area (Å²) >= 11 is 0. The van der Waals surface area contributed by atoms with Crippen LogP contribution < -0.4 is 4.74 Å². The Labute approximate surface area is 140 Å². The molecule has 0 saturated carbocycles. The van der Waals surface area contributed by atoms with Crippen LogP contribution in [0.25, 0.3) is 0 Å². The van der Waals surface area contributed by atoms with Crippen LogP contribution in [0.5, 0.6) is 5.75 Å². The van der Waals surface area contributed by atoms with Crippen molar-refractivity contribution in [3.8, 4) is 5.75 Å². The zero-order chi connectivity index (χ0) is 16.9. The molecule has 24 heavy (non-hydrogen) atoms. The van der Waals surface area contributed by atoms with Gasteiger partial charge >= 0.3 is 5.97 Å². The number of nitrogens with zero attached hydrogens (tertiary/aromatic N) is 4. The van der Waals surface area contributed by atoms with Gasteiger partial charge in [0.2, 0.25) is 0 Å². The normalized spacial score (nSPS) is 18.5. The van der Waals surface area contributed by atoms with E-state index in [2.05, 4.69) is 16.1 Å². The summed E-state index contributed by atoms with van der Waals surface area (Å²) in [4.78, 5) is 17.5. The third kappa shape index (κ3) is 3.73. The summed E-state index contributed by atoms with van der Waals surface area (Å²) in [7, 11) is 1.64. The number of rotatable bonds is 6. The van der Waals surface area contributed by atoms with Crippen molar-refractivity contribution in [3.05, 3.63) is 42.0 Å². The van der Waals surface area contributed by atoms with Crippen LogP contribution in [0.4, 0.5) is 0 Å². The molecule has 1 aromatic heterocycles. The highest BCUT2D eigenvalue weighted by Crippen LogP contribution is 2.24. The van der Waals surface area contributed by atoms with Gasteiger partial charge in [-0.25, -0.2) is 9.67 Å². The highest BCUT2D eigenvalue weighted by Gasteiger charge is 2.28. The Morgan fingerprint density at radius 1 is 1.38 bits per heavy atom. The molecule has 2 aromatic rings. The fourth-order valence-corrected chi connectivity index (χ4v) is 3.24. The van der Waals surface area contributed by atoms with E-state index < -0.39 is 5.97 Å². The van der Waals surface area contributed by atoms with Crippen molar-refractivity contribution in [1.29, 1.82) is 0 Å². The third-order valence-corrected chi connectivity index (χ3v) is 4.43. The fraction of sp³-hybridized carbons (Fsp3) is 0.471. The van der Waals surface area contributed by atoms with Gasteiger partial charge in [0.1, 0.15) is 24.4 Å². The van der Waals surface area contributed by atoms with Gasteiger partial charge in [-0.05, 0) is 37.1 Å². The lowest BCUT2D eigenvalue weighted by Gasteiger charge is -2.33. The monoisotopic (exact) mass is 330 g/mol. The molecule has 3 rings (SSSR count). The topological polar surface area (TPSA) is 80.5 Å². The zero-order valence-electron chi connectivity index (χ0n) is 13.8. The van der Waals surface area contributed by atoms with Crippen LogP contribution in [-0.2, 0) is 17.9 Å². The van der Waals surface area contributed by atoms with E-state index >= 15 is 0 Å². The third-order valence-electron chi connectivity index (χ3n) is 4.43. The van der Waals surface area contributed by atoms with Gasteiger partial charge in [-0.15, -0.1) is 0 Å². The van der Waals surface area contributed by atoms with Crippen molar-refractivity contribution in [2.24, 2.45) is 0 Å². The summed E-state index contributed by atoms with van der Waals surface area (Å²) in [5.74, 6) is 0.0636. The summed E-state index contributed by atoms with van der Waals surface area (Å²) in [6.45, 7) is 2.02. The minimum atomic E-state index is -0.731. The fourth-order valence-electron chi connectivity index (χ4n) is 3.24. The number of likely N-dealkylation sites (tertiary alicyclic amines) is 1. The Bertz CT molecular complexity index is 687. The quantitative estimate of drug-likeness (QED) is 0.869. The number of carboxylic acids is 1. The zero-order valence-corrected chi connectivity index (χ0v) is 13.8. The van der Waals surface area contributed by atoms with Crippen LogP contribution >= 0.6 is 0 Å². The molecule has 0 bridgehead atoms. The first-order valence-corrected chi connectivity index (χ1v) is 8.12. The molecular formula is C17H22N4O3. The minimum Gasteiger partial charge on any atom is -0.496 e. The number of aliphatic carboxylic acids is 1. The first kappa shape index (κ1) is 16.4. The second kappa shape index (κ2) is 7.44. The van der Waals surface area contributed by atoms with Gasteiger partial charge < -0.3 is 9.84 Å². The molecule has 1 aromatic carbocycles. The molecule has 0 radical (unpaired) electrons. The summed E-state index contributed by atoms with van der Waals surface area (Å²) in [5.41, 5.74) is 2.09. The Morgan fingerprint density at radius 2 is 2.25 bits per heavy atom. The van der Waals surface area contributed by atoms with Gasteiger partial charge in [0.25, 0.3) is 0 Å². The number of carboxylic acid groups (broad SMARTS) is 1. The smallest absolute Gasteiger partial charge is 0.320 e. The molecule has 0 aliphatic carbocycles. The predicted octanol–water partition coefficient (Wildman–Crippen LogP) is 1.77. The molecule has 1 atom stereocenters. The number of hydrogen-bond acceptors (Lipinski definition) is 5. The van der Waals surface area contributed by atoms with Crippen molar-refractivity contribution in [2.75, 3.05) is 13.7 Å². The summed E-state index contributed by atoms with van der Waals surface area (Å²) in [6, 6.07) is 5.60. The van der Waals surface area contributed by atoms with Crippen LogP contribution in [0.2, 0.25) is 0 Å². The summed E-state index contributed by atoms with van der Waals surface area (Å²) in [6.07, 6.45) is 5.91. The van der Waals surface area contributed by atoms with Crippen LogP contribution in [0.1, 0.15) is 30.4 Å². The van der Waals surface area contributed by atoms with Gasteiger partial charge in [0.15, 0.2) is 0 Å². The lowest BCUT2D eigenvalue weighted by Crippen LogP contribution is -2.44. The van der Waals surface area contributed by atoms with Gasteiger partial charge in [-0.2, -0.15) is 5.10 Å². The lowest BCUT2D eigenvalue weighted by molar-refractivity contribution is -0.144. The van der Waals surface area contributed by atoms with Crippen LogP contribution in [-0.4, -0.2) is 50.4 Å². The maximum absolute atomic E-state index is 11.5. The molecular weight excluding hydrogens is 308 g/mol. The second-order valence-electron chi connectivity index (χ2n) is 6.06. The number of carbonyl (C=O) groups is 1. The van der Waals surface area contributed by atoms with E-state index in [4.69, 9.17) is 4.74 Å². The SMILES string of the molecule is COc1ccc(CN2CCCCC2C(=O)O)cc1Cn1cncn1. The van der Waals surface area contributed by atoms with E-state index in [1.165, 1.54) is 6.33 Å². The molecule has 1 unspecified atom stereocenters. The first-order valence-electron chi connectivity index (χ1n) is 8.12. The van der Waals surface area contributed by atoms with Gasteiger partial charge in [0, 0.05) is 12.1 Å². The summed E-state index contributed by atoms with van der Waals surface area (Å²) < 4.78 is 7.17. The van der Waals surface area contributed by atoms with E-state index in [1.807, 2.05) is 17.0 Å². The van der Waals surface area contributed by atoms with Crippen molar-refractivity contribution in [1.82, 2.24) is 19.7 Å². The Morgan fingerprint density at radius 3 is 2.96 bits per heavy atom. The molecule has 0 amide bonds. The summed E-state index contributed by atoms with van der Waals surface area (Å²) in [5, 5.41) is 13.5. The standard InChI is InChI=1S/C17H22N4O3/c1-24-16-6-5-13(8-14(16)10-21-12-18-11-19-21)9-20-7-3-2-4-15(20)17(22)23/h5-6,8,11-12,15H,2-4,7,9-10H2,1H3,(H,22,23). The minimum absolute atomic E-state index is 0.389. The number of methoxy groups -OCH3 is 1. The number of aromatic nitrogens is 3. The highest BCUT2D eigenvalue weighted by molar-refractivity contribution is 5.73. The van der Waals surface area contributed by atoms with Crippen molar-refractivity contribution < 1.29 is 14.6 Å². The van der Waals surface area contributed by atoms with Gasteiger partial charge in [0.05, 0.1) is 13.7 Å². The molecule has 1 N–H and O–H groups in total. The maximum atomic E-state index is 11.5. The van der Waals surface area contributed by atoms with Gasteiger partial charge in [-0.3, -0.25) is 9.69 Å². The van der Waals surface area contributed by atoms with Crippen molar-refractivity contribution in [2.45, 2.75) is 38.4 Å². The number of ether oxygens (including phenoxy) is 1. The molecule has 1 aliphatic heterocycles. The number of benzene rings is 1. The Balaban J connectivity index is 1.79. The van der Waals surface area contributed by atoms with Crippen molar-refractivity contribution in [3.63, 3.8) is 0 Å². The van der Waals surface area contributed by atoms with Gasteiger partial charge in [-0.1, -0.05) is 12.5 Å². The number of hydrogen-bond donors (Lipinski definition) is 1. The number of piperidine rings is 1. The molecule has 128 valence electrons. The molecule has 7 heteroatoms. The molecule has 1 aliphatic rings. The Hall–Kier alpha value is -2.41. The maximum Gasteiger partial charge on any atom is 0.320 e. The average molecular weight is 330 g/mol. The van der Waals surface area contributed by atoms with E-state index in [-0.39, 0.29) is 6.04 Å².